The van der Waals surface area contributed by atoms with Crippen LogP contribution in [0.4, 0.5) is 5.82 Å². The molecule has 0 saturated carbocycles. The van der Waals surface area contributed by atoms with Crippen LogP contribution in [0.5, 0.6) is 0 Å². The quantitative estimate of drug-likeness (QED) is 0.712. The number of nitrogens with two attached hydrogens (primary N) is 1. The molecule has 0 fully saturated rings. The monoisotopic (exact) mass is 194 g/mol. The van der Waals surface area contributed by atoms with Crippen molar-refractivity contribution in [3.8, 4) is 0 Å². The highest BCUT2D eigenvalue weighted by Gasteiger charge is 2.23. The molecule has 0 aliphatic carbocycles. The molecule has 0 aromatic carbocycles. The van der Waals surface area contributed by atoms with Crippen molar-refractivity contribution in [2.24, 2.45) is 0 Å². The second kappa shape index (κ2) is 3.29. The van der Waals surface area contributed by atoms with Crippen molar-refractivity contribution in [1.82, 2.24) is 4.98 Å². The zero-order valence-corrected chi connectivity index (χ0v) is 8.53. The molecule has 0 bridgehead atoms. The van der Waals surface area contributed by atoms with Crippen LogP contribution >= 0.6 is 0 Å². The molecule has 14 heavy (non-hydrogen) atoms. The summed E-state index contributed by atoms with van der Waals surface area (Å²) in [7, 11) is 0. The zero-order chi connectivity index (χ0) is 10.9. The van der Waals surface area contributed by atoms with E-state index in [-0.39, 0.29) is 16.8 Å². The van der Waals surface area contributed by atoms with Crippen LogP contribution in [-0.2, 0) is 5.41 Å². The second-order valence-electron chi connectivity index (χ2n) is 4.17. The summed E-state index contributed by atoms with van der Waals surface area (Å²) in [4.78, 5) is 14.7. The first-order valence-electron chi connectivity index (χ1n) is 4.32. The van der Waals surface area contributed by atoms with Gasteiger partial charge in [-0.2, -0.15) is 0 Å². The molecule has 0 aliphatic rings. The number of aromatic nitrogens is 1. The van der Waals surface area contributed by atoms with Crippen LogP contribution in [-0.4, -0.2) is 16.1 Å². The van der Waals surface area contributed by atoms with E-state index < -0.39 is 5.97 Å². The average molecular weight is 194 g/mol. The van der Waals surface area contributed by atoms with Crippen LogP contribution in [0.3, 0.4) is 0 Å². The van der Waals surface area contributed by atoms with Crippen LogP contribution < -0.4 is 5.73 Å². The molecule has 0 radical (unpaired) electrons. The highest BCUT2D eigenvalue weighted by Crippen LogP contribution is 2.27. The number of nitrogen functional groups attached to an aromatic ring is 1. The molecule has 1 heterocycles. The molecule has 0 aliphatic heterocycles. The summed E-state index contributed by atoms with van der Waals surface area (Å²) in [6, 6.07) is 1.69. The summed E-state index contributed by atoms with van der Waals surface area (Å²) >= 11 is 0. The second-order valence-corrected chi connectivity index (χ2v) is 4.17. The lowest BCUT2D eigenvalue weighted by Gasteiger charge is -2.21. The fraction of sp³-hybridized carbons (Fsp3) is 0.400. The predicted octanol–water partition coefficient (Wildman–Crippen LogP) is 1.66. The van der Waals surface area contributed by atoms with Gasteiger partial charge >= 0.3 is 5.97 Å². The van der Waals surface area contributed by atoms with Crippen molar-refractivity contribution < 1.29 is 9.90 Å². The fourth-order valence-electron chi connectivity index (χ4n) is 1.33. The third-order valence-electron chi connectivity index (χ3n) is 2.00. The van der Waals surface area contributed by atoms with Crippen molar-refractivity contribution in [2.45, 2.75) is 26.2 Å². The first-order chi connectivity index (χ1) is 6.34. The summed E-state index contributed by atoms with van der Waals surface area (Å²) in [5.41, 5.74) is 6.10. The van der Waals surface area contributed by atoms with Gasteiger partial charge in [0.25, 0.3) is 0 Å². The Morgan fingerprint density at radius 2 is 2.07 bits per heavy atom. The van der Waals surface area contributed by atoms with Gasteiger partial charge in [-0.25, -0.2) is 9.78 Å². The van der Waals surface area contributed by atoms with E-state index in [1.807, 2.05) is 20.8 Å². The lowest BCUT2D eigenvalue weighted by molar-refractivity contribution is 0.0695. The highest BCUT2D eigenvalue weighted by atomic mass is 16.4. The van der Waals surface area contributed by atoms with Crippen LogP contribution in [0.25, 0.3) is 0 Å². The largest absolute Gasteiger partial charge is 0.478 e. The van der Waals surface area contributed by atoms with E-state index in [0.717, 1.165) is 0 Å². The van der Waals surface area contributed by atoms with Gasteiger partial charge < -0.3 is 10.8 Å². The number of carboxylic acids is 1. The smallest absolute Gasteiger partial charge is 0.339 e. The van der Waals surface area contributed by atoms with E-state index in [1.165, 1.54) is 6.20 Å². The van der Waals surface area contributed by atoms with Crippen LogP contribution in [0, 0.1) is 0 Å². The van der Waals surface area contributed by atoms with Crippen molar-refractivity contribution in [3.63, 3.8) is 0 Å². The Morgan fingerprint density at radius 1 is 1.50 bits per heavy atom. The molecular weight excluding hydrogens is 180 g/mol. The van der Waals surface area contributed by atoms with Crippen LogP contribution in [0.1, 0.15) is 36.7 Å². The van der Waals surface area contributed by atoms with E-state index in [1.54, 1.807) is 6.07 Å². The SMILES string of the molecule is CC(C)(C)c1ccnc(N)c1C(=O)O. The number of anilines is 1. The molecule has 4 nitrogen and oxygen atoms in total. The van der Waals surface area contributed by atoms with Gasteiger partial charge in [0.1, 0.15) is 11.4 Å². The molecule has 1 aromatic heterocycles. The Hall–Kier alpha value is -1.58. The Bertz CT molecular complexity index is 367. The number of nitrogens with zero attached hydrogens (tertiary/aromatic N) is 1. The third kappa shape index (κ3) is 1.84. The lowest BCUT2D eigenvalue weighted by atomic mass is 9.84. The van der Waals surface area contributed by atoms with Crippen molar-refractivity contribution in [2.75, 3.05) is 5.73 Å². The molecule has 76 valence electrons. The molecule has 4 heteroatoms. The maximum Gasteiger partial charge on any atom is 0.339 e. The van der Waals surface area contributed by atoms with E-state index in [2.05, 4.69) is 4.98 Å². The van der Waals surface area contributed by atoms with Gasteiger partial charge in [0, 0.05) is 6.20 Å². The molecule has 0 saturated heterocycles. The zero-order valence-electron chi connectivity index (χ0n) is 8.53. The number of hydrogen-bond donors (Lipinski definition) is 2. The van der Waals surface area contributed by atoms with E-state index in [0.29, 0.717) is 5.56 Å². The minimum Gasteiger partial charge on any atom is -0.478 e. The van der Waals surface area contributed by atoms with Crippen LogP contribution in [0.2, 0.25) is 0 Å². The van der Waals surface area contributed by atoms with Gasteiger partial charge in [-0.3, -0.25) is 0 Å². The number of carboxylic acid groups (broad SMARTS) is 1. The standard InChI is InChI=1S/C10H14N2O2/c1-10(2,3)6-4-5-12-8(11)7(6)9(13)14/h4-5H,1-3H3,(H2,11,12)(H,13,14). The highest BCUT2D eigenvalue weighted by molar-refractivity contribution is 5.94. The van der Waals surface area contributed by atoms with Gasteiger partial charge in [-0.1, -0.05) is 20.8 Å². The average Bonchev–Trinajstić information content (AvgIpc) is 2.01. The third-order valence-corrected chi connectivity index (χ3v) is 2.00. The molecule has 3 N–H and O–H groups in total. The topological polar surface area (TPSA) is 76.2 Å². The Morgan fingerprint density at radius 3 is 2.43 bits per heavy atom. The van der Waals surface area contributed by atoms with Gasteiger partial charge in [0.05, 0.1) is 0 Å². The van der Waals surface area contributed by atoms with E-state index in [4.69, 9.17) is 10.8 Å². The van der Waals surface area contributed by atoms with Crippen LogP contribution in [0.15, 0.2) is 12.3 Å². The number of aromatic carboxylic acids is 1. The van der Waals surface area contributed by atoms with Gasteiger partial charge in [0.2, 0.25) is 0 Å². The van der Waals surface area contributed by atoms with E-state index in [9.17, 15) is 4.79 Å². The number of pyridine rings is 1. The van der Waals surface area contributed by atoms with Gasteiger partial charge in [-0.05, 0) is 17.0 Å². The minimum absolute atomic E-state index is 0.0740. The Balaban J connectivity index is 3.44. The van der Waals surface area contributed by atoms with Gasteiger partial charge in [-0.15, -0.1) is 0 Å². The predicted molar refractivity (Wildman–Crippen MR) is 54.3 cm³/mol. The first-order valence-corrected chi connectivity index (χ1v) is 4.32. The summed E-state index contributed by atoms with van der Waals surface area (Å²) in [5.74, 6) is -0.953. The molecule has 0 spiro atoms. The first kappa shape index (κ1) is 10.5. The summed E-state index contributed by atoms with van der Waals surface area (Å²) in [5, 5.41) is 8.99. The Labute approximate surface area is 82.8 Å². The van der Waals surface area contributed by atoms with E-state index >= 15 is 0 Å². The van der Waals surface area contributed by atoms with Crippen molar-refractivity contribution in [3.05, 3.63) is 23.4 Å². The molecule has 1 aromatic rings. The maximum absolute atomic E-state index is 11.0. The molecule has 0 atom stereocenters. The fourth-order valence-corrected chi connectivity index (χ4v) is 1.33. The lowest BCUT2D eigenvalue weighted by Crippen LogP contribution is -2.19. The summed E-state index contributed by atoms with van der Waals surface area (Å²) < 4.78 is 0. The number of hydrogen-bond acceptors (Lipinski definition) is 3. The molecular formula is C10H14N2O2. The molecule has 0 unspecified atom stereocenters. The minimum atomic E-state index is -1.03. The Kier molecular flexibility index (Phi) is 2.47. The molecule has 0 amide bonds. The normalized spacial score (nSPS) is 11.4. The summed E-state index contributed by atoms with van der Waals surface area (Å²) in [6.07, 6.45) is 1.53. The van der Waals surface area contributed by atoms with Crippen molar-refractivity contribution >= 4 is 11.8 Å². The molecule has 1 rings (SSSR count). The van der Waals surface area contributed by atoms with Gasteiger partial charge in [0.15, 0.2) is 0 Å². The maximum atomic E-state index is 11.0. The number of rotatable bonds is 1. The summed E-state index contributed by atoms with van der Waals surface area (Å²) in [6.45, 7) is 5.82. The van der Waals surface area contributed by atoms with Crippen molar-refractivity contribution in [1.29, 1.82) is 0 Å². The number of carbonyl (C=O) groups is 1.